The fraction of sp³-hybridized carbons (Fsp3) is 0.478. The largest absolute Gasteiger partial charge is 0.457 e. The monoisotopic (exact) mass is 672 g/mol. The maximum Gasteiger partial charge on any atom is 0.129 e. The lowest BCUT2D eigenvalue weighted by Crippen LogP contribution is -2.35. The highest BCUT2D eigenvalue weighted by Crippen LogP contribution is 2.51. The van der Waals surface area contributed by atoms with Gasteiger partial charge in [0, 0.05) is 28.9 Å². The van der Waals surface area contributed by atoms with Crippen molar-refractivity contribution in [3.63, 3.8) is 0 Å². The molecule has 0 atom stereocenters. The zero-order valence-electron chi connectivity index (χ0n) is 30.5. The van der Waals surface area contributed by atoms with E-state index in [2.05, 4.69) is 55.5 Å². The molecule has 4 aromatic rings. The molecule has 2 fully saturated rings. The molecular formula is C46H60N2O2. The second-order valence-corrected chi connectivity index (χ2v) is 15.4. The molecule has 0 aliphatic heterocycles. The van der Waals surface area contributed by atoms with Crippen LogP contribution in [0.25, 0.3) is 0 Å². The predicted molar refractivity (Wildman–Crippen MR) is 210 cm³/mol. The lowest BCUT2D eigenvalue weighted by molar-refractivity contribution is 0.140. The van der Waals surface area contributed by atoms with Crippen LogP contribution in [0.4, 0.5) is 11.4 Å². The van der Waals surface area contributed by atoms with Crippen LogP contribution in [0.1, 0.15) is 127 Å². The molecule has 266 valence electrons. The molecule has 2 saturated carbocycles. The van der Waals surface area contributed by atoms with Gasteiger partial charge in [0.1, 0.15) is 23.0 Å². The van der Waals surface area contributed by atoms with E-state index in [1.165, 1.54) is 120 Å². The van der Waals surface area contributed by atoms with Crippen LogP contribution in [0.5, 0.6) is 23.0 Å². The Morgan fingerprint density at radius 2 is 0.980 bits per heavy atom. The number of hydrogen-bond donors (Lipinski definition) is 2. The van der Waals surface area contributed by atoms with Crippen LogP contribution in [0.15, 0.2) is 97.1 Å². The number of nitrogens with two attached hydrogens (primary N) is 2. The minimum Gasteiger partial charge on any atom is -0.457 e. The van der Waals surface area contributed by atoms with Gasteiger partial charge < -0.3 is 20.9 Å². The SMILES string of the molecule is CCCCCCCCCC[C@H]1CC[C@H](C2CCC(c3ccc(Oc4cccc(N)c4)cc3)(c3ccc(Oc4cccc(N)c4)cc3)CC2)CC1. The highest BCUT2D eigenvalue weighted by atomic mass is 16.5. The van der Waals surface area contributed by atoms with E-state index in [4.69, 9.17) is 20.9 Å². The van der Waals surface area contributed by atoms with Gasteiger partial charge in [0.25, 0.3) is 0 Å². The maximum atomic E-state index is 6.17. The van der Waals surface area contributed by atoms with Crippen LogP contribution in [0, 0.1) is 17.8 Å². The summed E-state index contributed by atoms with van der Waals surface area (Å²) in [6, 6.07) is 32.9. The molecule has 2 aliphatic carbocycles. The fourth-order valence-corrected chi connectivity index (χ4v) is 8.98. The molecular weight excluding hydrogens is 613 g/mol. The third-order valence-electron chi connectivity index (χ3n) is 11.9. The Morgan fingerprint density at radius 1 is 0.520 bits per heavy atom. The van der Waals surface area contributed by atoms with E-state index in [0.29, 0.717) is 11.4 Å². The van der Waals surface area contributed by atoms with Gasteiger partial charge >= 0.3 is 0 Å². The molecule has 50 heavy (non-hydrogen) atoms. The Balaban J connectivity index is 1.09. The van der Waals surface area contributed by atoms with Crippen LogP contribution in [-0.2, 0) is 5.41 Å². The molecule has 0 spiro atoms. The summed E-state index contributed by atoms with van der Waals surface area (Å²) in [6.07, 6.45) is 23.5. The standard InChI is InChI=1S/C46H60N2O2/c1-2-3-4-5-6-7-8-9-12-35-17-19-36(20-18-35)37-29-31-46(32-30-37,38-21-25-42(26-22-38)49-44-15-10-13-40(47)33-44)39-23-27-43(28-24-39)50-45-16-11-14-41(48)34-45/h10-11,13-16,21-28,33-37H,2-9,12,17-20,29-32,47-48H2,1H3/t35-,36-. The highest BCUT2D eigenvalue weighted by Gasteiger charge is 2.41. The van der Waals surface area contributed by atoms with Crippen molar-refractivity contribution in [3.05, 3.63) is 108 Å². The fourth-order valence-electron chi connectivity index (χ4n) is 8.98. The third kappa shape index (κ3) is 9.65. The quantitative estimate of drug-likeness (QED) is 0.0918. The van der Waals surface area contributed by atoms with E-state index >= 15 is 0 Å². The van der Waals surface area contributed by atoms with Crippen molar-refractivity contribution in [3.8, 4) is 23.0 Å². The van der Waals surface area contributed by atoms with E-state index in [-0.39, 0.29) is 5.41 Å². The van der Waals surface area contributed by atoms with Gasteiger partial charge in [-0.15, -0.1) is 0 Å². The van der Waals surface area contributed by atoms with E-state index in [0.717, 1.165) is 40.8 Å². The molecule has 0 heterocycles. The predicted octanol–water partition coefficient (Wildman–Crippen LogP) is 13.2. The van der Waals surface area contributed by atoms with Gasteiger partial charge in [-0.1, -0.05) is 114 Å². The minimum atomic E-state index is -0.0321. The van der Waals surface area contributed by atoms with Gasteiger partial charge in [-0.3, -0.25) is 0 Å². The summed E-state index contributed by atoms with van der Waals surface area (Å²) in [5.74, 6) is 5.88. The normalized spacial score (nSPS) is 19.2. The molecule has 0 unspecified atom stereocenters. The molecule has 4 aromatic carbocycles. The first-order valence-corrected chi connectivity index (χ1v) is 19.8. The summed E-state index contributed by atoms with van der Waals surface area (Å²) in [7, 11) is 0. The molecule has 4 N–H and O–H groups in total. The number of anilines is 2. The number of rotatable bonds is 16. The zero-order valence-corrected chi connectivity index (χ0v) is 30.5. The molecule has 0 radical (unpaired) electrons. The van der Waals surface area contributed by atoms with E-state index in [1.807, 2.05) is 48.5 Å². The van der Waals surface area contributed by atoms with Gasteiger partial charge in [-0.2, -0.15) is 0 Å². The van der Waals surface area contributed by atoms with Crippen molar-refractivity contribution >= 4 is 11.4 Å². The molecule has 4 nitrogen and oxygen atoms in total. The smallest absolute Gasteiger partial charge is 0.129 e. The molecule has 4 heteroatoms. The minimum absolute atomic E-state index is 0.0321. The Kier molecular flexibility index (Phi) is 12.8. The van der Waals surface area contributed by atoms with E-state index < -0.39 is 0 Å². The van der Waals surface area contributed by atoms with E-state index in [9.17, 15) is 0 Å². The van der Waals surface area contributed by atoms with Gasteiger partial charge in [0.05, 0.1) is 0 Å². The maximum absolute atomic E-state index is 6.17. The van der Waals surface area contributed by atoms with Crippen molar-refractivity contribution in [2.75, 3.05) is 11.5 Å². The number of benzene rings is 4. The average molecular weight is 673 g/mol. The average Bonchev–Trinajstić information content (AvgIpc) is 3.14. The van der Waals surface area contributed by atoms with Crippen LogP contribution >= 0.6 is 0 Å². The second-order valence-electron chi connectivity index (χ2n) is 15.4. The summed E-state index contributed by atoms with van der Waals surface area (Å²) >= 11 is 0. The Morgan fingerprint density at radius 3 is 1.46 bits per heavy atom. The first-order chi connectivity index (χ1) is 24.5. The van der Waals surface area contributed by atoms with Crippen molar-refractivity contribution < 1.29 is 9.47 Å². The summed E-state index contributed by atoms with van der Waals surface area (Å²) in [4.78, 5) is 0. The molecule has 0 bridgehead atoms. The van der Waals surface area contributed by atoms with Crippen molar-refractivity contribution in [2.24, 2.45) is 17.8 Å². The lowest BCUT2D eigenvalue weighted by atomic mass is 9.60. The topological polar surface area (TPSA) is 70.5 Å². The highest BCUT2D eigenvalue weighted by molar-refractivity contribution is 5.48. The lowest BCUT2D eigenvalue weighted by Gasteiger charge is -2.44. The molecule has 0 saturated heterocycles. The second kappa shape index (κ2) is 17.8. The molecule has 0 aromatic heterocycles. The summed E-state index contributed by atoms with van der Waals surface area (Å²) in [6.45, 7) is 2.30. The van der Waals surface area contributed by atoms with Crippen molar-refractivity contribution in [1.29, 1.82) is 0 Å². The Bertz CT molecular complexity index is 1490. The third-order valence-corrected chi connectivity index (χ3v) is 11.9. The first kappa shape index (κ1) is 35.9. The number of unbranched alkanes of at least 4 members (excludes halogenated alkanes) is 7. The molecule has 6 rings (SSSR count). The van der Waals surface area contributed by atoms with Crippen LogP contribution in [-0.4, -0.2) is 0 Å². The van der Waals surface area contributed by atoms with Crippen molar-refractivity contribution in [2.45, 2.75) is 121 Å². The summed E-state index contributed by atoms with van der Waals surface area (Å²) < 4.78 is 12.3. The van der Waals surface area contributed by atoms with Gasteiger partial charge in [0.15, 0.2) is 0 Å². The Hall–Kier alpha value is -3.92. The number of ether oxygens (including phenoxy) is 2. The van der Waals surface area contributed by atoms with Crippen LogP contribution in [0.3, 0.4) is 0 Å². The van der Waals surface area contributed by atoms with E-state index in [1.54, 1.807) is 0 Å². The van der Waals surface area contributed by atoms with Crippen LogP contribution in [0.2, 0.25) is 0 Å². The van der Waals surface area contributed by atoms with Gasteiger partial charge in [-0.05, 0) is 116 Å². The molecule has 0 amide bonds. The number of hydrogen-bond acceptors (Lipinski definition) is 4. The van der Waals surface area contributed by atoms with Crippen molar-refractivity contribution in [1.82, 2.24) is 0 Å². The van der Waals surface area contributed by atoms with Gasteiger partial charge in [0.2, 0.25) is 0 Å². The summed E-state index contributed by atoms with van der Waals surface area (Å²) in [5.41, 5.74) is 16.1. The Labute approximate surface area is 302 Å². The first-order valence-electron chi connectivity index (χ1n) is 19.8. The van der Waals surface area contributed by atoms with Gasteiger partial charge in [-0.25, -0.2) is 0 Å². The summed E-state index contributed by atoms with van der Waals surface area (Å²) in [5, 5.41) is 0. The molecule has 2 aliphatic rings. The number of nitrogen functional groups attached to an aromatic ring is 2. The zero-order chi connectivity index (χ0) is 34.6. The van der Waals surface area contributed by atoms with Crippen LogP contribution < -0.4 is 20.9 Å².